The maximum atomic E-state index is 11.3. The van der Waals surface area contributed by atoms with E-state index in [1.54, 1.807) is 0 Å². The first-order chi connectivity index (χ1) is 8.33. The van der Waals surface area contributed by atoms with Crippen LogP contribution in [-0.4, -0.2) is 38.3 Å². The van der Waals surface area contributed by atoms with E-state index in [0.717, 1.165) is 58.4 Å². The summed E-state index contributed by atoms with van der Waals surface area (Å²) < 4.78 is 5.36. The Morgan fingerprint density at radius 3 is 3.00 bits per heavy atom. The Labute approximate surface area is 104 Å². The van der Waals surface area contributed by atoms with Gasteiger partial charge in [0.05, 0.1) is 13.2 Å². The minimum absolute atomic E-state index is 0.192. The summed E-state index contributed by atoms with van der Waals surface area (Å²) in [5.41, 5.74) is 0. The molecular formula is C13H25N2O2. The Hall–Kier alpha value is -0.610. The van der Waals surface area contributed by atoms with Crippen molar-refractivity contribution in [2.45, 2.75) is 51.5 Å². The van der Waals surface area contributed by atoms with E-state index in [2.05, 4.69) is 17.6 Å². The summed E-state index contributed by atoms with van der Waals surface area (Å²) in [7, 11) is 0. The molecule has 1 rings (SSSR count). The Morgan fingerprint density at radius 2 is 2.29 bits per heavy atom. The standard InChI is InChI=1S/C13H25N2O2/c1-2-3-7-13(16)15-8-5-4-6-12-11-17-10-9-14-12/h12H,2-11H2,1H3,(H,15,16). The van der Waals surface area contributed by atoms with Gasteiger partial charge in [-0.1, -0.05) is 13.3 Å². The lowest BCUT2D eigenvalue weighted by atomic mass is 10.1. The van der Waals surface area contributed by atoms with E-state index in [4.69, 9.17) is 4.74 Å². The molecule has 0 bridgehead atoms. The molecule has 0 saturated carbocycles. The molecule has 0 aromatic heterocycles. The van der Waals surface area contributed by atoms with Crippen molar-refractivity contribution in [3.8, 4) is 0 Å². The van der Waals surface area contributed by atoms with Gasteiger partial charge in [0.25, 0.3) is 0 Å². The van der Waals surface area contributed by atoms with Gasteiger partial charge in [0.2, 0.25) is 5.91 Å². The van der Waals surface area contributed by atoms with Crippen LogP contribution in [0.25, 0.3) is 0 Å². The molecule has 1 aliphatic heterocycles. The van der Waals surface area contributed by atoms with Crippen molar-refractivity contribution in [2.75, 3.05) is 26.3 Å². The van der Waals surface area contributed by atoms with Crippen molar-refractivity contribution in [1.82, 2.24) is 10.6 Å². The lowest BCUT2D eigenvalue weighted by Gasteiger charge is -2.21. The first-order valence-electron chi connectivity index (χ1n) is 6.84. The molecule has 1 fully saturated rings. The predicted molar refractivity (Wildman–Crippen MR) is 68.0 cm³/mol. The molecule has 1 unspecified atom stereocenters. The highest BCUT2D eigenvalue weighted by atomic mass is 16.5. The number of nitrogens with one attached hydrogen (secondary N) is 1. The molecule has 1 heterocycles. The quantitative estimate of drug-likeness (QED) is 0.654. The third-order valence-corrected chi connectivity index (χ3v) is 2.98. The lowest BCUT2D eigenvalue weighted by Crippen LogP contribution is -2.35. The molecule has 0 spiro atoms. The van der Waals surface area contributed by atoms with Crippen LogP contribution < -0.4 is 10.6 Å². The topological polar surface area (TPSA) is 52.4 Å². The largest absolute Gasteiger partial charge is 0.378 e. The highest BCUT2D eigenvalue weighted by Gasteiger charge is 2.13. The number of hydrogen-bond donors (Lipinski definition) is 1. The maximum absolute atomic E-state index is 11.3. The number of ether oxygens (including phenoxy) is 1. The lowest BCUT2D eigenvalue weighted by molar-refractivity contribution is -0.121. The Morgan fingerprint density at radius 1 is 1.41 bits per heavy atom. The number of hydrogen-bond acceptors (Lipinski definition) is 2. The third kappa shape index (κ3) is 7.34. The monoisotopic (exact) mass is 241 g/mol. The first kappa shape index (κ1) is 14.5. The summed E-state index contributed by atoms with van der Waals surface area (Å²) in [6.07, 6.45) is 5.99. The molecule has 17 heavy (non-hydrogen) atoms. The van der Waals surface area contributed by atoms with Crippen LogP contribution in [0.4, 0.5) is 0 Å². The number of unbranched alkanes of at least 4 members (excludes halogenated alkanes) is 2. The van der Waals surface area contributed by atoms with Crippen molar-refractivity contribution in [1.29, 1.82) is 0 Å². The minimum atomic E-state index is 0.192. The van der Waals surface area contributed by atoms with Crippen molar-refractivity contribution in [3.05, 3.63) is 0 Å². The van der Waals surface area contributed by atoms with E-state index in [0.29, 0.717) is 12.5 Å². The molecule has 1 saturated heterocycles. The van der Waals surface area contributed by atoms with Crippen molar-refractivity contribution in [2.24, 2.45) is 0 Å². The fourth-order valence-electron chi connectivity index (χ4n) is 1.91. The van der Waals surface area contributed by atoms with E-state index in [9.17, 15) is 4.79 Å². The molecule has 4 nitrogen and oxygen atoms in total. The molecule has 1 aliphatic rings. The Balaban J connectivity index is 1.88. The van der Waals surface area contributed by atoms with Crippen LogP contribution >= 0.6 is 0 Å². The van der Waals surface area contributed by atoms with E-state index >= 15 is 0 Å². The summed E-state index contributed by atoms with van der Waals surface area (Å²) >= 11 is 0. The molecule has 99 valence electrons. The zero-order valence-corrected chi connectivity index (χ0v) is 10.9. The first-order valence-corrected chi connectivity index (χ1v) is 6.84. The SMILES string of the molecule is CCCCC(=O)NCCCCC1COCC[N]1. The third-order valence-electron chi connectivity index (χ3n) is 2.98. The van der Waals surface area contributed by atoms with Crippen LogP contribution in [0, 0.1) is 0 Å². The van der Waals surface area contributed by atoms with Crippen LogP contribution in [0.1, 0.15) is 45.4 Å². The van der Waals surface area contributed by atoms with E-state index < -0.39 is 0 Å². The average Bonchev–Trinajstić information content (AvgIpc) is 2.37. The van der Waals surface area contributed by atoms with Gasteiger partial charge in [-0.3, -0.25) is 4.79 Å². The second kappa shape index (κ2) is 9.42. The van der Waals surface area contributed by atoms with Crippen LogP contribution in [0.15, 0.2) is 0 Å². The molecule has 1 radical (unpaired) electrons. The summed E-state index contributed by atoms with van der Waals surface area (Å²) in [4.78, 5) is 11.3. The number of carbonyl (C=O) groups excluding carboxylic acids is 1. The molecule has 1 atom stereocenters. The van der Waals surface area contributed by atoms with Crippen LogP contribution in [0.3, 0.4) is 0 Å². The predicted octanol–water partition coefficient (Wildman–Crippen LogP) is 1.47. The van der Waals surface area contributed by atoms with Crippen LogP contribution in [0.2, 0.25) is 0 Å². The summed E-state index contributed by atoms with van der Waals surface area (Å²) in [6, 6.07) is 0.388. The number of nitrogens with zero attached hydrogens (tertiary/aromatic N) is 1. The van der Waals surface area contributed by atoms with Gasteiger partial charge >= 0.3 is 0 Å². The molecular weight excluding hydrogens is 216 g/mol. The van der Waals surface area contributed by atoms with E-state index in [-0.39, 0.29) is 5.91 Å². The van der Waals surface area contributed by atoms with Gasteiger partial charge in [-0.25, -0.2) is 5.32 Å². The number of amides is 1. The number of carbonyl (C=O) groups is 1. The molecule has 1 N–H and O–H groups in total. The van der Waals surface area contributed by atoms with E-state index in [1.807, 2.05) is 0 Å². The van der Waals surface area contributed by atoms with Gasteiger partial charge in [0.15, 0.2) is 0 Å². The second-order valence-corrected chi connectivity index (χ2v) is 4.58. The average molecular weight is 241 g/mol. The van der Waals surface area contributed by atoms with Gasteiger partial charge in [-0.15, -0.1) is 0 Å². The van der Waals surface area contributed by atoms with Crippen molar-refractivity contribution in [3.63, 3.8) is 0 Å². The minimum Gasteiger partial charge on any atom is -0.378 e. The molecule has 0 aromatic rings. The second-order valence-electron chi connectivity index (χ2n) is 4.58. The van der Waals surface area contributed by atoms with Gasteiger partial charge in [0.1, 0.15) is 0 Å². The van der Waals surface area contributed by atoms with Crippen LogP contribution in [0.5, 0.6) is 0 Å². The Bertz CT molecular complexity index is 204. The van der Waals surface area contributed by atoms with Crippen molar-refractivity contribution >= 4 is 5.91 Å². The highest BCUT2D eigenvalue weighted by molar-refractivity contribution is 5.75. The summed E-state index contributed by atoms with van der Waals surface area (Å²) in [5, 5.41) is 7.44. The Kier molecular flexibility index (Phi) is 8.01. The van der Waals surface area contributed by atoms with Gasteiger partial charge < -0.3 is 10.1 Å². The van der Waals surface area contributed by atoms with Crippen molar-refractivity contribution < 1.29 is 9.53 Å². The zero-order valence-electron chi connectivity index (χ0n) is 10.9. The summed E-state index contributed by atoms with van der Waals surface area (Å²) in [5.74, 6) is 0.192. The van der Waals surface area contributed by atoms with E-state index in [1.165, 1.54) is 0 Å². The smallest absolute Gasteiger partial charge is 0.219 e. The normalized spacial score (nSPS) is 20.2. The molecule has 0 aliphatic carbocycles. The molecule has 0 aromatic carbocycles. The highest BCUT2D eigenvalue weighted by Crippen LogP contribution is 2.05. The fourth-order valence-corrected chi connectivity index (χ4v) is 1.91. The maximum Gasteiger partial charge on any atom is 0.219 e. The van der Waals surface area contributed by atoms with Crippen LogP contribution in [-0.2, 0) is 9.53 Å². The zero-order chi connectivity index (χ0) is 12.3. The van der Waals surface area contributed by atoms with Gasteiger partial charge in [0, 0.05) is 25.6 Å². The molecule has 1 amide bonds. The van der Waals surface area contributed by atoms with Gasteiger partial charge in [-0.05, 0) is 25.7 Å². The number of rotatable bonds is 8. The number of morpholine rings is 1. The summed E-state index contributed by atoms with van der Waals surface area (Å²) in [6.45, 7) is 5.31. The van der Waals surface area contributed by atoms with Gasteiger partial charge in [-0.2, -0.15) is 0 Å². The fraction of sp³-hybridized carbons (Fsp3) is 0.923. The molecule has 4 heteroatoms.